The Morgan fingerprint density at radius 1 is 1.10 bits per heavy atom. The van der Waals surface area contributed by atoms with Crippen LogP contribution in [0.3, 0.4) is 0 Å². The van der Waals surface area contributed by atoms with Crippen molar-refractivity contribution in [2.24, 2.45) is 5.73 Å². The van der Waals surface area contributed by atoms with Crippen LogP contribution in [0.25, 0.3) is 10.9 Å². The van der Waals surface area contributed by atoms with Crippen LogP contribution in [0.15, 0.2) is 54.6 Å². The highest BCUT2D eigenvalue weighted by molar-refractivity contribution is 5.93. The standard InChI is InChI=1S/C17H16FN3/c1-21(14-6-4-5-12(18)9-14)17-10-13(11-19)20-16-8-3-2-7-15(16)17/h2-10H,11,19H2,1H3. The lowest BCUT2D eigenvalue weighted by molar-refractivity contribution is 0.628. The van der Waals surface area contributed by atoms with E-state index in [2.05, 4.69) is 4.98 Å². The van der Waals surface area contributed by atoms with Crippen LogP contribution in [0.1, 0.15) is 5.69 Å². The molecule has 1 heterocycles. The van der Waals surface area contributed by atoms with Crippen LogP contribution >= 0.6 is 0 Å². The van der Waals surface area contributed by atoms with Crippen LogP contribution in [0, 0.1) is 5.82 Å². The number of rotatable bonds is 3. The zero-order chi connectivity index (χ0) is 14.8. The Morgan fingerprint density at radius 3 is 2.67 bits per heavy atom. The van der Waals surface area contributed by atoms with E-state index in [-0.39, 0.29) is 5.82 Å². The number of nitrogens with zero attached hydrogens (tertiary/aromatic N) is 2. The van der Waals surface area contributed by atoms with Crippen molar-refractivity contribution in [1.29, 1.82) is 0 Å². The summed E-state index contributed by atoms with van der Waals surface area (Å²) < 4.78 is 13.4. The van der Waals surface area contributed by atoms with Gasteiger partial charge in [0.25, 0.3) is 0 Å². The van der Waals surface area contributed by atoms with Gasteiger partial charge in [0.15, 0.2) is 0 Å². The van der Waals surface area contributed by atoms with Crippen molar-refractivity contribution >= 4 is 22.3 Å². The van der Waals surface area contributed by atoms with Gasteiger partial charge in [0.05, 0.1) is 16.9 Å². The minimum absolute atomic E-state index is 0.253. The van der Waals surface area contributed by atoms with Crippen molar-refractivity contribution in [2.45, 2.75) is 6.54 Å². The van der Waals surface area contributed by atoms with Crippen LogP contribution in [0.4, 0.5) is 15.8 Å². The van der Waals surface area contributed by atoms with Gasteiger partial charge >= 0.3 is 0 Å². The highest BCUT2D eigenvalue weighted by Crippen LogP contribution is 2.31. The Kier molecular flexibility index (Phi) is 3.54. The van der Waals surface area contributed by atoms with Crippen LogP contribution in [-0.2, 0) is 6.54 Å². The molecule has 0 spiro atoms. The zero-order valence-electron chi connectivity index (χ0n) is 11.8. The van der Waals surface area contributed by atoms with Gasteiger partial charge in [-0.25, -0.2) is 4.39 Å². The maximum absolute atomic E-state index is 13.4. The number of halogens is 1. The third-order valence-corrected chi connectivity index (χ3v) is 3.51. The van der Waals surface area contributed by atoms with E-state index in [9.17, 15) is 4.39 Å². The molecule has 0 fully saturated rings. The SMILES string of the molecule is CN(c1cccc(F)c1)c1cc(CN)nc2ccccc12. The molecule has 0 bridgehead atoms. The fourth-order valence-electron chi connectivity index (χ4n) is 2.42. The summed E-state index contributed by atoms with van der Waals surface area (Å²) in [7, 11) is 1.91. The lowest BCUT2D eigenvalue weighted by Gasteiger charge is -2.22. The minimum atomic E-state index is -0.253. The monoisotopic (exact) mass is 281 g/mol. The van der Waals surface area contributed by atoms with Gasteiger partial charge < -0.3 is 10.6 Å². The molecule has 0 aliphatic heterocycles. The molecule has 0 atom stereocenters. The van der Waals surface area contributed by atoms with Crippen LogP contribution < -0.4 is 10.6 Å². The first kappa shape index (κ1) is 13.5. The molecule has 1 aromatic heterocycles. The molecule has 2 N–H and O–H groups in total. The molecule has 21 heavy (non-hydrogen) atoms. The van der Waals surface area contributed by atoms with Gasteiger partial charge in [-0.2, -0.15) is 0 Å². The second kappa shape index (κ2) is 5.50. The first-order valence-electron chi connectivity index (χ1n) is 6.77. The van der Waals surface area contributed by atoms with Gasteiger partial charge in [-0.1, -0.05) is 24.3 Å². The van der Waals surface area contributed by atoms with Crippen LogP contribution in [0.5, 0.6) is 0 Å². The number of anilines is 2. The number of para-hydroxylation sites is 1. The number of benzene rings is 2. The smallest absolute Gasteiger partial charge is 0.125 e. The second-order valence-electron chi connectivity index (χ2n) is 4.89. The van der Waals surface area contributed by atoms with E-state index in [1.165, 1.54) is 12.1 Å². The zero-order valence-corrected chi connectivity index (χ0v) is 11.8. The Hall–Kier alpha value is -2.46. The number of pyridine rings is 1. The van der Waals surface area contributed by atoms with Crippen molar-refractivity contribution < 1.29 is 4.39 Å². The largest absolute Gasteiger partial charge is 0.344 e. The third-order valence-electron chi connectivity index (χ3n) is 3.51. The van der Waals surface area contributed by atoms with Crippen molar-refractivity contribution in [3.63, 3.8) is 0 Å². The van der Waals surface area contributed by atoms with Crippen molar-refractivity contribution in [3.05, 3.63) is 66.1 Å². The predicted molar refractivity (Wildman–Crippen MR) is 84.1 cm³/mol. The van der Waals surface area contributed by atoms with Gasteiger partial charge in [0.1, 0.15) is 5.82 Å². The molecule has 106 valence electrons. The lowest BCUT2D eigenvalue weighted by atomic mass is 10.1. The number of nitrogens with two attached hydrogens (primary N) is 1. The summed E-state index contributed by atoms with van der Waals surface area (Å²) >= 11 is 0. The summed E-state index contributed by atoms with van der Waals surface area (Å²) in [5.41, 5.74) is 9.18. The molecule has 0 aliphatic rings. The van der Waals surface area contributed by atoms with Gasteiger partial charge in [-0.3, -0.25) is 4.98 Å². The number of hydrogen-bond acceptors (Lipinski definition) is 3. The van der Waals surface area contributed by atoms with Crippen molar-refractivity contribution in [3.8, 4) is 0 Å². The second-order valence-corrected chi connectivity index (χ2v) is 4.89. The van der Waals surface area contributed by atoms with E-state index in [1.54, 1.807) is 6.07 Å². The molecule has 4 heteroatoms. The lowest BCUT2D eigenvalue weighted by Crippen LogP contribution is -2.12. The number of fused-ring (bicyclic) bond motifs is 1. The first-order valence-corrected chi connectivity index (χ1v) is 6.77. The fourth-order valence-corrected chi connectivity index (χ4v) is 2.42. The Morgan fingerprint density at radius 2 is 1.90 bits per heavy atom. The van der Waals surface area contributed by atoms with E-state index in [0.717, 1.165) is 28.0 Å². The molecule has 3 rings (SSSR count). The normalized spacial score (nSPS) is 10.8. The molecule has 0 unspecified atom stereocenters. The number of hydrogen-bond donors (Lipinski definition) is 1. The maximum atomic E-state index is 13.4. The van der Waals surface area contributed by atoms with E-state index < -0.39 is 0 Å². The third kappa shape index (κ3) is 2.58. The average molecular weight is 281 g/mol. The van der Waals surface area contributed by atoms with Crippen LogP contribution in [0.2, 0.25) is 0 Å². The molecule has 3 nitrogen and oxygen atoms in total. The Bertz CT molecular complexity index is 786. The minimum Gasteiger partial charge on any atom is -0.344 e. The number of aromatic nitrogens is 1. The summed E-state index contributed by atoms with van der Waals surface area (Å²) in [6.07, 6.45) is 0. The Labute approximate surface area is 122 Å². The van der Waals surface area contributed by atoms with Crippen LogP contribution in [-0.4, -0.2) is 12.0 Å². The van der Waals surface area contributed by atoms with Crippen molar-refractivity contribution in [2.75, 3.05) is 11.9 Å². The topological polar surface area (TPSA) is 42.1 Å². The van der Waals surface area contributed by atoms with Gasteiger partial charge in [-0.15, -0.1) is 0 Å². The highest BCUT2D eigenvalue weighted by Gasteiger charge is 2.11. The fraction of sp³-hybridized carbons (Fsp3) is 0.118. The molecule has 0 saturated carbocycles. The molecule has 0 saturated heterocycles. The van der Waals surface area contributed by atoms with E-state index in [4.69, 9.17) is 5.73 Å². The molecular weight excluding hydrogens is 265 g/mol. The van der Waals surface area contributed by atoms with Gasteiger partial charge in [0, 0.05) is 24.7 Å². The molecular formula is C17H16FN3. The van der Waals surface area contributed by atoms with E-state index >= 15 is 0 Å². The molecule has 3 aromatic rings. The van der Waals surface area contributed by atoms with E-state index in [0.29, 0.717) is 6.54 Å². The average Bonchev–Trinajstić information content (AvgIpc) is 2.53. The molecule has 0 radical (unpaired) electrons. The molecule has 0 amide bonds. The molecule has 2 aromatic carbocycles. The highest BCUT2D eigenvalue weighted by atomic mass is 19.1. The quantitative estimate of drug-likeness (QED) is 0.797. The van der Waals surface area contributed by atoms with Gasteiger partial charge in [-0.05, 0) is 30.3 Å². The first-order chi connectivity index (χ1) is 10.2. The summed E-state index contributed by atoms with van der Waals surface area (Å²) in [6, 6.07) is 16.4. The van der Waals surface area contributed by atoms with E-state index in [1.807, 2.05) is 48.3 Å². The summed E-state index contributed by atoms with van der Waals surface area (Å²) in [4.78, 5) is 6.47. The predicted octanol–water partition coefficient (Wildman–Crippen LogP) is 3.60. The maximum Gasteiger partial charge on any atom is 0.125 e. The van der Waals surface area contributed by atoms with Crippen molar-refractivity contribution in [1.82, 2.24) is 4.98 Å². The molecule has 0 aliphatic carbocycles. The summed E-state index contributed by atoms with van der Waals surface area (Å²) in [6.45, 7) is 0.370. The summed E-state index contributed by atoms with van der Waals surface area (Å²) in [5.74, 6) is -0.253. The van der Waals surface area contributed by atoms with Gasteiger partial charge in [0.2, 0.25) is 0 Å². The Balaban J connectivity index is 2.18. The summed E-state index contributed by atoms with van der Waals surface area (Å²) in [5, 5.41) is 1.02.